The van der Waals surface area contributed by atoms with Gasteiger partial charge in [-0.2, -0.15) is 31.4 Å². The third-order valence-corrected chi connectivity index (χ3v) is 11.0. The zero-order chi connectivity index (χ0) is 43.0. The second kappa shape index (κ2) is 16.3. The predicted molar refractivity (Wildman–Crippen MR) is 201 cm³/mol. The number of amides is 4. The number of nitrogens with one attached hydrogen (secondary N) is 4. The molecule has 2 aromatic carbocycles. The van der Waals surface area contributed by atoms with Crippen molar-refractivity contribution in [1.82, 2.24) is 35.6 Å². The number of halogens is 6. The average molecular weight is 832 g/mol. The van der Waals surface area contributed by atoms with E-state index in [-0.39, 0.29) is 80.5 Å². The summed E-state index contributed by atoms with van der Waals surface area (Å²) in [5.41, 5.74) is 10.9. The van der Waals surface area contributed by atoms with Crippen LogP contribution in [0.1, 0.15) is 110 Å². The number of likely N-dealkylation sites (tertiary alicyclic amines) is 2. The normalized spacial score (nSPS) is 17.7. The van der Waals surface area contributed by atoms with Gasteiger partial charge in [-0.15, -0.1) is 5.10 Å². The number of rotatable bonds is 7. The van der Waals surface area contributed by atoms with Crippen molar-refractivity contribution >= 4 is 35.5 Å². The van der Waals surface area contributed by atoms with Crippen molar-refractivity contribution < 1.29 is 45.5 Å². The van der Waals surface area contributed by atoms with Gasteiger partial charge in [0.2, 0.25) is 17.8 Å². The Bertz CT molecular complexity index is 2160. The van der Waals surface area contributed by atoms with Gasteiger partial charge in [-0.1, -0.05) is 12.1 Å². The molecule has 0 radical (unpaired) electrons. The molecule has 59 heavy (non-hydrogen) atoms. The first-order valence-corrected chi connectivity index (χ1v) is 18.8. The van der Waals surface area contributed by atoms with E-state index in [1.807, 2.05) is 10.7 Å². The van der Waals surface area contributed by atoms with Gasteiger partial charge in [0, 0.05) is 50.0 Å². The zero-order valence-electron chi connectivity index (χ0n) is 32.1. The highest BCUT2D eigenvalue weighted by molar-refractivity contribution is 6.07. The number of carbonyl (C=O) groups is 4. The highest BCUT2D eigenvalue weighted by Crippen LogP contribution is 2.42. The van der Waals surface area contributed by atoms with Crippen LogP contribution in [0.25, 0.3) is 0 Å². The molecule has 8 N–H and O–H groups in total. The standard InChI is InChI=1S/C38H43F6N11O4/c1-20-17-29(52-53(20)2)32(58)54-13-7-21(8-14-54)25-5-3-23(18-27(25)37(39,40)41)30(56)48-34(45)50-51-35(46)49-31(57)24-4-6-26(28(19-24)38(42,43)44)22-9-15-55(16-10-22)33(59)36(47)11-12-36/h3-6,17-19,21-22H,7-16,47H2,1-2H3,(H3,45,48,50,56)(H3,46,49,51,57). The number of guanidine groups is 2. The number of carbonyl (C=O) groups excluding carboxylic acids is 4. The highest BCUT2D eigenvalue weighted by Gasteiger charge is 2.49. The Balaban J connectivity index is 1.03. The van der Waals surface area contributed by atoms with E-state index in [1.54, 1.807) is 29.6 Å². The molecule has 1 aliphatic carbocycles. The van der Waals surface area contributed by atoms with E-state index < -0.39 is 75.7 Å². The van der Waals surface area contributed by atoms with Crippen molar-refractivity contribution in [2.24, 2.45) is 23.6 Å². The molecule has 2 saturated heterocycles. The van der Waals surface area contributed by atoms with E-state index in [9.17, 15) is 45.5 Å². The molecule has 3 fully saturated rings. The molecule has 3 heterocycles. The largest absolute Gasteiger partial charge is 0.416 e. The van der Waals surface area contributed by atoms with Crippen LogP contribution in [-0.4, -0.2) is 86.8 Å². The van der Waals surface area contributed by atoms with Crippen LogP contribution in [0.2, 0.25) is 0 Å². The van der Waals surface area contributed by atoms with Crippen molar-refractivity contribution in [3.8, 4) is 0 Å². The first-order chi connectivity index (χ1) is 27.6. The van der Waals surface area contributed by atoms with Gasteiger partial charge in [-0.05, 0) is 98.7 Å². The molecular formula is C38H43F6N11O4. The summed E-state index contributed by atoms with van der Waals surface area (Å²) in [5.74, 6) is -5.33. The lowest BCUT2D eigenvalue weighted by atomic mass is 9.85. The van der Waals surface area contributed by atoms with Crippen LogP contribution in [-0.2, 0) is 24.2 Å². The predicted octanol–water partition coefficient (Wildman–Crippen LogP) is 3.90. The first-order valence-electron chi connectivity index (χ1n) is 18.8. The zero-order valence-corrected chi connectivity index (χ0v) is 32.1. The molecule has 0 unspecified atom stereocenters. The Morgan fingerprint density at radius 2 is 1.27 bits per heavy atom. The fourth-order valence-electron chi connectivity index (χ4n) is 7.42. The summed E-state index contributed by atoms with van der Waals surface area (Å²) in [4.78, 5) is 54.3. The number of nitrogens with zero attached hydrogens (tertiary/aromatic N) is 5. The maximum atomic E-state index is 14.3. The van der Waals surface area contributed by atoms with E-state index in [2.05, 4.69) is 15.5 Å². The van der Waals surface area contributed by atoms with Gasteiger partial charge in [-0.3, -0.25) is 39.9 Å². The van der Waals surface area contributed by atoms with Gasteiger partial charge in [-0.25, -0.2) is 5.43 Å². The summed E-state index contributed by atoms with van der Waals surface area (Å²) in [6.07, 6.45) is -7.47. The fourth-order valence-corrected chi connectivity index (χ4v) is 7.42. The Morgan fingerprint density at radius 1 is 0.797 bits per heavy atom. The summed E-state index contributed by atoms with van der Waals surface area (Å²) in [6.45, 7) is 2.69. The maximum Gasteiger partial charge on any atom is 0.416 e. The van der Waals surface area contributed by atoms with Crippen LogP contribution in [0.3, 0.4) is 0 Å². The summed E-state index contributed by atoms with van der Waals surface area (Å²) in [5, 5.41) is 19.8. The second-order valence-corrected chi connectivity index (χ2v) is 15.1. The topological polar surface area (TPSA) is 217 Å². The number of hydrazone groups is 1. The van der Waals surface area contributed by atoms with E-state index in [4.69, 9.17) is 16.9 Å². The second-order valence-electron chi connectivity index (χ2n) is 15.1. The molecule has 0 atom stereocenters. The number of nitrogens with two attached hydrogens (primary N) is 2. The monoisotopic (exact) mass is 831 g/mol. The fraction of sp³-hybridized carbons (Fsp3) is 0.447. The Labute approximate surface area is 334 Å². The van der Waals surface area contributed by atoms with Crippen LogP contribution in [0.15, 0.2) is 47.6 Å². The van der Waals surface area contributed by atoms with Gasteiger partial charge < -0.3 is 21.3 Å². The molecule has 3 aromatic rings. The van der Waals surface area contributed by atoms with E-state index in [1.165, 1.54) is 29.2 Å². The van der Waals surface area contributed by atoms with Crippen LogP contribution in [0, 0.1) is 12.3 Å². The Morgan fingerprint density at radius 3 is 1.71 bits per heavy atom. The lowest BCUT2D eigenvalue weighted by Gasteiger charge is -2.34. The van der Waals surface area contributed by atoms with Gasteiger partial charge in [0.25, 0.3) is 17.7 Å². The maximum absolute atomic E-state index is 14.3. The van der Waals surface area contributed by atoms with Gasteiger partial charge >= 0.3 is 12.4 Å². The molecule has 1 aromatic heterocycles. The smallest absolute Gasteiger partial charge is 0.368 e. The lowest BCUT2D eigenvalue weighted by molar-refractivity contribution is -0.139. The van der Waals surface area contributed by atoms with Crippen molar-refractivity contribution in [2.45, 2.75) is 75.2 Å². The summed E-state index contributed by atoms with van der Waals surface area (Å²) in [6, 6.07) is 7.74. The van der Waals surface area contributed by atoms with Crippen molar-refractivity contribution in [3.63, 3.8) is 0 Å². The molecule has 316 valence electrons. The number of benzene rings is 2. The molecule has 2 aliphatic heterocycles. The van der Waals surface area contributed by atoms with Crippen molar-refractivity contribution in [1.29, 1.82) is 5.41 Å². The summed E-state index contributed by atoms with van der Waals surface area (Å²) in [7, 11) is 1.70. The van der Waals surface area contributed by atoms with Crippen LogP contribution in [0.5, 0.6) is 0 Å². The minimum absolute atomic E-state index is 0.0231. The molecule has 3 aliphatic rings. The number of hydrogen-bond donors (Lipinski definition) is 6. The van der Waals surface area contributed by atoms with Crippen molar-refractivity contribution in [3.05, 3.63) is 87.2 Å². The van der Waals surface area contributed by atoms with E-state index in [0.717, 1.165) is 5.69 Å². The third kappa shape index (κ3) is 9.67. The molecule has 21 heteroatoms. The molecular weight excluding hydrogens is 788 g/mol. The van der Waals surface area contributed by atoms with Gasteiger partial charge in [0.1, 0.15) is 0 Å². The number of hydrogen-bond acceptors (Lipinski definition) is 8. The molecule has 0 bridgehead atoms. The number of aromatic nitrogens is 2. The SMILES string of the molecule is Cc1cc(C(=O)N2CCC(c3ccc(C(=O)NC(=N)NN=C(N)NC(=O)c4ccc(C5CCN(C(=O)C6(N)CC6)CC5)c(C(F)(F)F)c4)cc3C(F)(F)F)CC2)nn1C. The van der Waals surface area contributed by atoms with Crippen molar-refractivity contribution in [2.75, 3.05) is 26.2 Å². The third-order valence-electron chi connectivity index (χ3n) is 11.0. The number of piperidine rings is 2. The summed E-state index contributed by atoms with van der Waals surface area (Å²) < 4.78 is 87.0. The molecule has 0 spiro atoms. The minimum atomic E-state index is -4.84. The molecule has 4 amide bonds. The number of aryl methyl sites for hydroxylation is 2. The van der Waals surface area contributed by atoms with Crippen LogP contribution >= 0.6 is 0 Å². The highest BCUT2D eigenvalue weighted by atomic mass is 19.4. The summed E-state index contributed by atoms with van der Waals surface area (Å²) >= 11 is 0. The van der Waals surface area contributed by atoms with Crippen LogP contribution < -0.4 is 27.5 Å². The average Bonchev–Trinajstić information content (AvgIpc) is 3.86. The minimum Gasteiger partial charge on any atom is -0.368 e. The quantitative estimate of drug-likeness (QED) is 0.0887. The molecule has 6 rings (SSSR count). The van der Waals surface area contributed by atoms with E-state index >= 15 is 0 Å². The first kappa shape index (κ1) is 42.6. The Kier molecular flexibility index (Phi) is 11.8. The van der Waals surface area contributed by atoms with Crippen LogP contribution in [0.4, 0.5) is 26.3 Å². The van der Waals surface area contributed by atoms with Gasteiger partial charge in [0.15, 0.2) is 5.69 Å². The number of alkyl halides is 6. The van der Waals surface area contributed by atoms with Gasteiger partial charge in [0.05, 0.1) is 16.7 Å². The molecule has 15 nitrogen and oxygen atoms in total. The van der Waals surface area contributed by atoms with E-state index in [0.29, 0.717) is 25.0 Å². The molecule has 1 saturated carbocycles. The lowest BCUT2D eigenvalue weighted by Crippen LogP contribution is -2.48. The Hall–Kier alpha value is -5.99.